The Bertz CT molecular complexity index is 748. The molecule has 1 fully saturated rings. The van der Waals surface area contributed by atoms with Crippen molar-refractivity contribution in [2.24, 2.45) is 0 Å². The Morgan fingerprint density at radius 1 is 1.23 bits per heavy atom. The number of aliphatic carboxylic acids is 1. The Morgan fingerprint density at radius 2 is 1.95 bits per heavy atom. The predicted molar refractivity (Wildman–Crippen MR) is 79.8 cm³/mol. The molecule has 6 heteroatoms. The number of carboxylic acids is 1. The third-order valence-electron chi connectivity index (χ3n) is 4.03. The largest absolute Gasteiger partial charge is 0.479 e. The van der Waals surface area contributed by atoms with E-state index >= 15 is 0 Å². The molecule has 0 unspecified atom stereocenters. The van der Waals surface area contributed by atoms with Crippen molar-refractivity contribution < 1.29 is 23.8 Å². The first-order valence-electron chi connectivity index (χ1n) is 7.14. The molecule has 3 rings (SSSR count). The van der Waals surface area contributed by atoms with Crippen LogP contribution in [0.4, 0.5) is 5.69 Å². The number of ether oxygens (including phenoxy) is 1. The van der Waals surface area contributed by atoms with Gasteiger partial charge in [-0.3, -0.25) is 4.79 Å². The minimum atomic E-state index is -1.03. The minimum absolute atomic E-state index is 0.319. The lowest BCUT2D eigenvalue weighted by Crippen LogP contribution is -2.29. The van der Waals surface area contributed by atoms with Crippen LogP contribution in [0.15, 0.2) is 22.6 Å². The lowest BCUT2D eigenvalue weighted by atomic mass is 10.1. The molecule has 0 saturated carbocycles. The second-order valence-electron chi connectivity index (χ2n) is 5.51. The minimum Gasteiger partial charge on any atom is -0.479 e. The Balaban J connectivity index is 1.74. The second-order valence-corrected chi connectivity index (χ2v) is 5.51. The third-order valence-corrected chi connectivity index (χ3v) is 4.03. The Kier molecular flexibility index (Phi) is 3.62. The summed E-state index contributed by atoms with van der Waals surface area (Å²) in [4.78, 5) is 23.0. The van der Waals surface area contributed by atoms with Crippen LogP contribution in [-0.4, -0.2) is 29.2 Å². The van der Waals surface area contributed by atoms with Gasteiger partial charge in [-0.15, -0.1) is 0 Å². The molecule has 0 aliphatic carbocycles. The maximum atomic E-state index is 12.2. The Morgan fingerprint density at radius 3 is 2.64 bits per heavy atom. The summed E-state index contributed by atoms with van der Waals surface area (Å²) >= 11 is 0. The van der Waals surface area contributed by atoms with E-state index in [1.54, 1.807) is 12.1 Å². The van der Waals surface area contributed by atoms with Crippen LogP contribution in [0.25, 0.3) is 11.0 Å². The first-order chi connectivity index (χ1) is 10.5. The normalized spacial score (nSPS) is 21.2. The van der Waals surface area contributed by atoms with Crippen molar-refractivity contribution in [3.05, 3.63) is 29.5 Å². The highest BCUT2D eigenvalue weighted by atomic mass is 16.5. The number of aryl methyl sites for hydroxylation is 2. The molecule has 1 aliphatic rings. The number of carboxylic acid groups (broad SMARTS) is 1. The maximum absolute atomic E-state index is 12.2. The number of fused-ring (bicyclic) bond motifs is 1. The van der Waals surface area contributed by atoms with Crippen LogP contribution in [0.3, 0.4) is 0 Å². The number of rotatable bonds is 3. The van der Waals surface area contributed by atoms with Gasteiger partial charge >= 0.3 is 5.97 Å². The van der Waals surface area contributed by atoms with Crippen LogP contribution in [0.1, 0.15) is 24.2 Å². The van der Waals surface area contributed by atoms with E-state index in [-0.39, 0.29) is 5.91 Å². The van der Waals surface area contributed by atoms with Crippen LogP contribution < -0.4 is 5.32 Å². The van der Waals surface area contributed by atoms with Crippen LogP contribution in [0.5, 0.6) is 0 Å². The molecule has 1 saturated heterocycles. The Labute approximate surface area is 127 Å². The summed E-state index contributed by atoms with van der Waals surface area (Å²) in [6.45, 7) is 3.86. The molecule has 6 nitrogen and oxygen atoms in total. The molecule has 2 heterocycles. The summed E-state index contributed by atoms with van der Waals surface area (Å²) in [5.74, 6) is -0.496. The van der Waals surface area contributed by atoms with E-state index < -0.39 is 18.2 Å². The molecule has 1 aromatic heterocycles. The average molecular weight is 303 g/mol. The number of furan rings is 1. The van der Waals surface area contributed by atoms with E-state index in [1.165, 1.54) is 0 Å². The summed E-state index contributed by atoms with van der Waals surface area (Å²) in [5.41, 5.74) is 2.45. The molecule has 22 heavy (non-hydrogen) atoms. The van der Waals surface area contributed by atoms with Gasteiger partial charge < -0.3 is 19.6 Å². The van der Waals surface area contributed by atoms with E-state index in [9.17, 15) is 9.59 Å². The highest BCUT2D eigenvalue weighted by molar-refractivity contribution is 5.97. The smallest absolute Gasteiger partial charge is 0.332 e. The van der Waals surface area contributed by atoms with E-state index in [2.05, 4.69) is 5.32 Å². The standard InChI is InChI=1S/C16H17NO5/c1-8-9(2)21-12-4-3-10(7-11(8)12)17-15(18)13-5-6-14(22-13)16(19)20/h3-4,7,13-14H,5-6H2,1-2H3,(H,17,18)(H,19,20)/t13-,14+/m0/s1. The van der Waals surface area contributed by atoms with Crippen molar-refractivity contribution >= 4 is 28.5 Å². The molecule has 1 amide bonds. The fourth-order valence-corrected chi connectivity index (χ4v) is 2.66. The number of carbonyl (C=O) groups is 2. The van der Waals surface area contributed by atoms with Crippen LogP contribution in [0.2, 0.25) is 0 Å². The number of anilines is 1. The molecule has 0 spiro atoms. The maximum Gasteiger partial charge on any atom is 0.332 e. The van der Waals surface area contributed by atoms with Gasteiger partial charge in [0, 0.05) is 11.1 Å². The van der Waals surface area contributed by atoms with E-state index in [0.717, 1.165) is 22.3 Å². The van der Waals surface area contributed by atoms with E-state index in [4.69, 9.17) is 14.3 Å². The van der Waals surface area contributed by atoms with Crippen LogP contribution >= 0.6 is 0 Å². The lowest BCUT2D eigenvalue weighted by Gasteiger charge is -2.11. The lowest BCUT2D eigenvalue weighted by molar-refractivity contribution is -0.150. The zero-order valence-electron chi connectivity index (χ0n) is 12.4. The van der Waals surface area contributed by atoms with Crippen molar-refractivity contribution in [2.45, 2.75) is 38.9 Å². The van der Waals surface area contributed by atoms with Crippen molar-refractivity contribution in [1.29, 1.82) is 0 Å². The number of benzene rings is 1. The third kappa shape index (κ3) is 2.57. The van der Waals surface area contributed by atoms with Gasteiger partial charge in [0.2, 0.25) is 0 Å². The van der Waals surface area contributed by atoms with Gasteiger partial charge in [0.25, 0.3) is 5.91 Å². The molecule has 116 valence electrons. The number of hydrogen-bond acceptors (Lipinski definition) is 4. The number of carbonyl (C=O) groups excluding carboxylic acids is 1. The molecule has 2 N–H and O–H groups in total. The van der Waals surface area contributed by atoms with Crippen LogP contribution in [0, 0.1) is 13.8 Å². The zero-order valence-corrected chi connectivity index (χ0v) is 12.4. The Hall–Kier alpha value is -2.34. The molecular formula is C16H17NO5. The van der Waals surface area contributed by atoms with Gasteiger partial charge in [0.1, 0.15) is 17.4 Å². The quantitative estimate of drug-likeness (QED) is 0.910. The highest BCUT2D eigenvalue weighted by Gasteiger charge is 2.34. The topological polar surface area (TPSA) is 88.8 Å². The van der Waals surface area contributed by atoms with Crippen molar-refractivity contribution in [2.75, 3.05) is 5.32 Å². The average Bonchev–Trinajstić information content (AvgIpc) is 3.06. The highest BCUT2D eigenvalue weighted by Crippen LogP contribution is 2.28. The van der Waals surface area contributed by atoms with Crippen molar-refractivity contribution in [3.8, 4) is 0 Å². The SMILES string of the molecule is Cc1oc2ccc(NC(=O)[C@@H]3CC[C@H](C(=O)O)O3)cc2c1C. The fourth-order valence-electron chi connectivity index (χ4n) is 2.66. The first kappa shape index (κ1) is 14.6. The van der Waals surface area contributed by atoms with Gasteiger partial charge in [-0.05, 0) is 50.5 Å². The van der Waals surface area contributed by atoms with Gasteiger partial charge in [-0.1, -0.05) is 0 Å². The summed E-state index contributed by atoms with van der Waals surface area (Å²) in [5, 5.41) is 12.6. The molecule has 0 bridgehead atoms. The van der Waals surface area contributed by atoms with Crippen molar-refractivity contribution in [3.63, 3.8) is 0 Å². The van der Waals surface area contributed by atoms with Crippen LogP contribution in [-0.2, 0) is 14.3 Å². The van der Waals surface area contributed by atoms with E-state index in [0.29, 0.717) is 18.5 Å². The summed E-state index contributed by atoms with van der Waals surface area (Å²) in [6.07, 6.45) is -0.845. The molecular weight excluding hydrogens is 286 g/mol. The van der Waals surface area contributed by atoms with E-state index in [1.807, 2.05) is 19.9 Å². The van der Waals surface area contributed by atoms with Gasteiger partial charge in [-0.2, -0.15) is 0 Å². The predicted octanol–water partition coefficient (Wildman–Crippen LogP) is 2.62. The number of nitrogens with one attached hydrogen (secondary N) is 1. The summed E-state index contributed by atoms with van der Waals surface area (Å²) in [6, 6.07) is 5.41. The fraction of sp³-hybridized carbons (Fsp3) is 0.375. The number of amides is 1. The summed E-state index contributed by atoms with van der Waals surface area (Å²) < 4.78 is 10.8. The monoisotopic (exact) mass is 303 g/mol. The molecule has 2 aromatic rings. The second kappa shape index (κ2) is 5.46. The molecule has 2 atom stereocenters. The summed E-state index contributed by atoms with van der Waals surface area (Å²) in [7, 11) is 0. The molecule has 1 aliphatic heterocycles. The molecule has 1 aromatic carbocycles. The zero-order chi connectivity index (χ0) is 15.9. The van der Waals surface area contributed by atoms with Gasteiger partial charge in [0.15, 0.2) is 6.10 Å². The van der Waals surface area contributed by atoms with Gasteiger partial charge in [-0.25, -0.2) is 4.79 Å². The first-order valence-corrected chi connectivity index (χ1v) is 7.14. The van der Waals surface area contributed by atoms with Gasteiger partial charge in [0.05, 0.1) is 0 Å². The molecule has 0 radical (unpaired) electrons. The number of hydrogen-bond donors (Lipinski definition) is 2. The van der Waals surface area contributed by atoms with Crippen molar-refractivity contribution in [1.82, 2.24) is 0 Å².